The van der Waals surface area contributed by atoms with Gasteiger partial charge in [-0.2, -0.15) is 5.10 Å². The monoisotopic (exact) mass is 307 g/mol. The zero-order valence-corrected chi connectivity index (χ0v) is 11.9. The molecular weight excluding hydrogens is 294 g/mol. The summed E-state index contributed by atoms with van der Waals surface area (Å²) < 4.78 is 2.63. The third-order valence-electron chi connectivity index (χ3n) is 2.59. The highest BCUT2D eigenvalue weighted by molar-refractivity contribution is 9.10. The Morgan fingerprint density at radius 3 is 2.83 bits per heavy atom. The van der Waals surface area contributed by atoms with Crippen LogP contribution in [0.3, 0.4) is 0 Å². The van der Waals surface area contributed by atoms with Crippen LogP contribution in [-0.4, -0.2) is 27.6 Å². The lowest BCUT2D eigenvalue weighted by atomic mass is 10.2. The maximum Gasteiger partial charge on any atom is 0.253 e. The Balaban J connectivity index is 2.09. The van der Waals surface area contributed by atoms with Crippen molar-refractivity contribution < 1.29 is 4.79 Å². The number of amides is 1. The number of hydrogen-bond acceptors (Lipinski definition) is 2. The molecule has 1 aromatic heterocycles. The van der Waals surface area contributed by atoms with Gasteiger partial charge in [0.25, 0.3) is 5.91 Å². The third kappa shape index (κ3) is 2.98. The molecule has 0 atom stereocenters. The Hall–Kier alpha value is -1.62. The highest BCUT2D eigenvalue weighted by Crippen LogP contribution is 2.13. The zero-order valence-electron chi connectivity index (χ0n) is 10.3. The first-order chi connectivity index (χ1) is 8.56. The molecule has 0 radical (unpaired) electrons. The maximum absolute atomic E-state index is 12.2. The first-order valence-corrected chi connectivity index (χ1v) is 6.35. The minimum atomic E-state index is -0.0121. The molecule has 5 heteroatoms. The molecule has 1 heterocycles. The van der Waals surface area contributed by atoms with Crippen molar-refractivity contribution in [3.63, 3.8) is 0 Å². The summed E-state index contributed by atoms with van der Waals surface area (Å²) in [6, 6.07) is 9.28. The van der Waals surface area contributed by atoms with E-state index in [4.69, 9.17) is 0 Å². The quantitative estimate of drug-likeness (QED) is 0.873. The first kappa shape index (κ1) is 12.8. The standard InChI is InChI=1S/C13H14BrN3O/c1-16(9-12-6-7-17(2)15-12)13(18)10-4-3-5-11(14)8-10/h3-8H,9H2,1-2H3. The van der Waals surface area contributed by atoms with Gasteiger partial charge in [0.15, 0.2) is 0 Å². The number of halogens is 1. The van der Waals surface area contributed by atoms with Gasteiger partial charge in [0.2, 0.25) is 0 Å². The van der Waals surface area contributed by atoms with Crippen LogP contribution in [-0.2, 0) is 13.6 Å². The van der Waals surface area contributed by atoms with Crippen LogP contribution >= 0.6 is 15.9 Å². The van der Waals surface area contributed by atoms with Gasteiger partial charge in [-0.15, -0.1) is 0 Å². The van der Waals surface area contributed by atoms with Crippen LogP contribution in [0.4, 0.5) is 0 Å². The van der Waals surface area contributed by atoms with Gasteiger partial charge < -0.3 is 4.90 Å². The number of aromatic nitrogens is 2. The molecular formula is C13H14BrN3O. The molecule has 0 aliphatic rings. The van der Waals surface area contributed by atoms with E-state index in [2.05, 4.69) is 21.0 Å². The Labute approximate surface area is 114 Å². The lowest BCUT2D eigenvalue weighted by molar-refractivity contribution is 0.0783. The van der Waals surface area contributed by atoms with Gasteiger partial charge in [0.1, 0.15) is 0 Å². The maximum atomic E-state index is 12.2. The molecule has 0 saturated carbocycles. The molecule has 0 aliphatic heterocycles. The molecule has 94 valence electrons. The van der Waals surface area contributed by atoms with E-state index in [0.29, 0.717) is 12.1 Å². The van der Waals surface area contributed by atoms with Gasteiger partial charge >= 0.3 is 0 Å². The molecule has 0 N–H and O–H groups in total. The number of rotatable bonds is 3. The number of nitrogens with zero attached hydrogens (tertiary/aromatic N) is 3. The van der Waals surface area contributed by atoms with Crippen LogP contribution in [0.25, 0.3) is 0 Å². The van der Waals surface area contributed by atoms with Crippen molar-refractivity contribution >= 4 is 21.8 Å². The van der Waals surface area contributed by atoms with Gasteiger partial charge in [-0.05, 0) is 24.3 Å². The number of aryl methyl sites for hydroxylation is 1. The second-order valence-electron chi connectivity index (χ2n) is 4.15. The molecule has 0 aliphatic carbocycles. The molecule has 2 rings (SSSR count). The second-order valence-corrected chi connectivity index (χ2v) is 5.07. The van der Waals surface area contributed by atoms with Gasteiger partial charge in [0, 0.05) is 30.3 Å². The van der Waals surface area contributed by atoms with E-state index >= 15 is 0 Å². The highest BCUT2D eigenvalue weighted by atomic mass is 79.9. The SMILES string of the molecule is CN(Cc1ccn(C)n1)C(=O)c1cccc(Br)c1. The average Bonchev–Trinajstić information content (AvgIpc) is 2.73. The molecule has 1 amide bonds. The molecule has 1 aromatic carbocycles. The van der Waals surface area contributed by atoms with E-state index in [0.717, 1.165) is 10.2 Å². The van der Waals surface area contributed by atoms with Crippen LogP contribution in [0.5, 0.6) is 0 Å². The first-order valence-electron chi connectivity index (χ1n) is 5.56. The molecule has 18 heavy (non-hydrogen) atoms. The molecule has 0 bridgehead atoms. The number of hydrogen-bond donors (Lipinski definition) is 0. The number of carbonyl (C=O) groups excluding carboxylic acids is 1. The zero-order chi connectivity index (χ0) is 13.1. The summed E-state index contributed by atoms with van der Waals surface area (Å²) in [6.07, 6.45) is 1.87. The van der Waals surface area contributed by atoms with E-state index in [9.17, 15) is 4.79 Å². The topological polar surface area (TPSA) is 38.1 Å². The Kier molecular flexibility index (Phi) is 3.81. The van der Waals surface area contributed by atoms with Crippen molar-refractivity contribution in [2.24, 2.45) is 7.05 Å². The second kappa shape index (κ2) is 5.35. The smallest absolute Gasteiger partial charge is 0.253 e. The lowest BCUT2D eigenvalue weighted by Gasteiger charge is -2.15. The highest BCUT2D eigenvalue weighted by Gasteiger charge is 2.13. The van der Waals surface area contributed by atoms with E-state index in [1.165, 1.54) is 0 Å². The van der Waals surface area contributed by atoms with Crippen LogP contribution in [0.1, 0.15) is 16.1 Å². The predicted molar refractivity (Wildman–Crippen MR) is 73.1 cm³/mol. The Morgan fingerprint density at radius 1 is 1.44 bits per heavy atom. The largest absolute Gasteiger partial charge is 0.336 e. The van der Waals surface area contributed by atoms with E-state index in [1.807, 2.05) is 43.6 Å². The fourth-order valence-corrected chi connectivity index (χ4v) is 2.10. The van der Waals surface area contributed by atoms with Crippen molar-refractivity contribution in [1.29, 1.82) is 0 Å². The normalized spacial score (nSPS) is 10.4. The number of carbonyl (C=O) groups is 1. The molecule has 4 nitrogen and oxygen atoms in total. The summed E-state index contributed by atoms with van der Waals surface area (Å²) in [6.45, 7) is 0.506. The summed E-state index contributed by atoms with van der Waals surface area (Å²) in [5, 5.41) is 4.26. The van der Waals surface area contributed by atoms with E-state index in [1.54, 1.807) is 16.6 Å². The molecule has 0 saturated heterocycles. The van der Waals surface area contributed by atoms with Crippen LogP contribution < -0.4 is 0 Å². The van der Waals surface area contributed by atoms with Gasteiger partial charge in [-0.1, -0.05) is 22.0 Å². The van der Waals surface area contributed by atoms with Crippen molar-refractivity contribution in [3.05, 3.63) is 52.3 Å². The predicted octanol–water partition coefficient (Wildman–Crippen LogP) is 2.45. The minimum Gasteiger partial charge on any atom is -0.336 e. The minimum absolute atomic E-state index is 0.0121. The number of benzene rings is 1. The lowest BCUT2D eigenvalue weighted by Crippen LogP contribution is -2.26. The van der Waals surface area contributed by atoms with Crippen LogP contribution in [0.15, 0.2) is 41.0 Å². The van der Waals surface area contributed by atoms with Gasteiger partial charge in [-0.3, -0.25) is 9.48 Å². The van der Waals surface area contributed by atoms with E-state index < -0.39 is 0 Å². The Bertz CT molecular complexity index is 565. The molecule has 0 spiro atoms. The third-order valence-corrected chi connectivity index (χ3v) is 3.08. The average molecular weight is 308 g/mol. The summed E-state index contributed by atoms with van der Waals surface area (Å²) in [5.41, 5.74) is 1.55. The summed E-state index contributed by atoms with van der Waals surface area (Å²) >= 11 is 3.36. The molecule has 0 unspecified atom stereocenters. The van der Waals surface area contributed by atoms with Crippen LogP contribution in [0.2, 0.25) is 0 Å². The fourth-order valence-electron chi connectivity index (χ4n) is 1.70. The summed E-state index contributed by atoms with van der Waals surface area (Å²) in [5.74, 6) is -0.0121. The van der Waals surface area contributed by atoms with Gasteiger partial charge in [-0.25, -0.2) is 0 Å². The Morgan fingerprint density at radius 2 is 2.22 bits per heavy atom. The summed E-state index contributed by atoms with van der Waals surface area (Å²) in [7, 11) is 3.64. The van der Waals surface area contributed by atoms with Crippen LogP contribution in [0, 0.1) is 0 Å². The van der Waals surface area contributed by atoms with E-state index in [-0.39, 0.29) is 5.91 Å². The van der Waals surface area contributed by atoms with Crippen molar-refractivity contribution in [3.8, 4) is 0 Å². The van der Waals surface area contributed by atoms with Crippen molar-refractivity contribution in [1.82, 2.24) is 14.7 Å². The van der Waals surface area contributed by atoms with Crippen molar-refractivity contribution in [2.45, 2.75) is 6.54 Å². The molecule has 2 aromatic rings. The molecule has 0 fully saturated rings. The summed E-state index contributed by atoms with van der Waals surface area (Å²) in [4.78, 5) is 13.8. The van der Waals surface area contributed by atoms with Gasteiger partial charge in [0.05, 0.1) is 12.2 Å². The van der Waals surface area contributed by atoms with Crippen molar-refractivity contribution in [2.75, 3.05) is 7.05 Å². The fraction of sp³-hybridized carbons (Fsp3) is 0.231.